The standard InChI is InChI=1S/C24H21ClF3N3O2/c1-31-17(12-20(30-31)24(26,27)28)21-18-9-10-19(33-18)22(21)23(32)29-14-7-8-15(16(25)11-14)13-5-3-2-4-6-13/h2-8,11-12,18-19,21-22H,9-10H2,1H3,(H,29,32)/t18-,19+,21+,22-/m0/s1. The lowest BCUT2D eigenvalue weighted by Gasteiger charge is -2.27. The number of rotatable bonds is 4. The number of fused-ring (bicyclic) bond motifs is 2. The van der Waals surface area contributed by atoms with E-state index in [0.717, 1.165) is 17.2 Å². The minimum Gasteiger partial charge on any atom is -0.373 e. The van der Waals surface area contributed by atoms with E-state index in [1.807, 2.05) is 36.4 Å². The number of aromatic nitrogens is 2. The number of halogens is 4. The van der Waals surface area contributed by atoms with Crippen LogP contribution in [0.2, 0.25) is 5.02 Å². The maximum absolute atomic E-state index is 13.3. The molecule has 9 heteroatoms. The van der Waals surface area contributed by atoms with Gasteiger partial charge in [0.05, 0.1) is 23.1 Å². The lowest BCUT2D eigenvalue weighted by atomic mass is 9.76. The Hall–Kier alpha value is -2.84. The summed E-state index contributed by atoms with van der Waals surface area (Å²) in [7, 11) is 1.47. The first-order valence-electron chi connectivity index (χ1n) is 10.6. The Labute approximate surface area is 193 Å². The lowest BCUT2D eigenvalue weighted by Crippen LogP contribution is -2.36. The molecule has 0 unspecified atom stereocenters. The number of anilines is 1. The summed E-state index contributed by atoms with van der Waals surface area (Å²) >= 11 is 6.47. The minimum absolute atomic E-state index is 0.300. The average Bonchev–Trinajstić information content (AvgIpc) is 3.48. The van der Waals surface area contributed by atoms with Crippen LogP contribution in [0.4, 0.5) is 18.9 Å². The van der Waals surface area contributed by atoms with Gasteiger partial charge in [0, 0.05) is 29.9 Å². The van der Waals surface area contributed by atoms with Gasteiger partial charge in [0.15, 0.2) is 5.69 Å². The number of carbonyl (C=O) groups is 1. The van der Waals surface area contributed by atoms with Gasteiger partial charge in [-0.25, -0.2) is 0 Å². The summed E-state index contributed by atoms with van der Waals surface area (Å²) in [5, 5.41) is 7.00. The van der Waals surface area contributed by atoms with Crippen molar-refractivity contribution in [2.75, 3.05) is 5.32 Å². The number of nitrogens with one attached hydrogen (secondary N) is 1. The summed E-state index contributed by atoms with van der Waals surface area (Å²) in [5.74, 6) is -1.42. The van der Waals surface area contributed by atoms with Crippen LogP contribution in [-0.4, -0.2) is 27.9 Å². The Morgan fingerprint density at radius 3 is 2.52 bits per heavy atom. The van der Waals surface area contributed by atoms with Crippen molar-refractivity contribution in [1.82, 2.24) is 9.78 Å². The van der Waals surface area contributed by atoms with Crippen LogP contribution in [0.3, 0.4) is 0 Å². The van der Waals surface area contributed by atoms with E-state index in [0.29, 0.717) is 29.2 Å². The van der Waals surface area contributed by atoms with Gasteiger partial charge < -0.3 is 10.1 Å². The molecule has 2 aliphatic heterocycles. The van der Waals surface area contributed by atoms with Gasteiger partial charge in [-0.1, -0.05) is 48.0 Å². The number of benzene rings is 2. The third-order valence-corrected chi connectivity index (χ3v) is 6.76. The molecule has 5 rings (SSSR count). The third kappa shape index (κ3) is 4.02. The molecular weight excluding hydrogens is 455 g/mol. The molecule has 1 amide bonds. The van der Waals surface area contributed by atoms with E-state index in [2.05, 4.69) is 10.4 Å². The van der Waals surface area contributed by atoms with Crippen LogP contribution >= 0.6 is 11.6 Å². The molecule has 2 bridgehead atoms. The molecule has 0 aliphatic carbocycles. The largest absolute Gasteiger partial charge is 0.435 e. The topological polar surface area (TPSA) is 56.2 Å². The minimum atomic E-state index is -4.55. The molecule has 2 fully saturated rings. The molecule has 5 nitrogen and oxygen atoms in total. The van der Waals surface area contributed by atoms with E-state index >= 15 is 0 Å². The first kappa shape index (κ1) is 22.0. The maximum atomic E-state index is 13.3. The number of nitrogens with zero attached hydrogens (tertiary/aromatic N) is 2. The highest BCUT2D eigenvalue weighted by molar-refractivity contribution is 6.33. The van der Waals surface area contributed by atoms with Crippen LogP contribution in [0.1, 0.15) is 30.1 Å². The van der Waals surface area contributed by atoms with Crippen molar-refractivity contribution in [1.29, 1.82) is 0 Å². The molecule has 33 heavy (non-hydrogen) atoms. The lowest BCUT2D eigenvalue weighted by molar-refractivity contribution is -0.141. The molecule has 3 aromatic rings. The summed E-state index contributed by atoms with van der Waals surface area (Å²) in [4.78, 5) is 13.3. The van der Waals surface area contributed by atoms with Crippen molar-refractivity contribution in [2.45, 2.75) is 37.1 Å². The molecule has 0 spiro atoms. The Kier molecular flexibility index (Phi) is 5.45. The van der Waals surface area contributed by atoms with E-state index in [1.165, 1.54) is 11.7 Å². The quantitative estimate of drug-likeness (QED) is 0.530. The molecular formula is C24H21ClF3N3O2. The van der Waals surface area contributed by atoms with Gasteiger partial charge in [-0.05, 0) is 36.6 Å². The molecule has 2 saturated heterocycles. The van der Waals surface area contributed by atoms with Crippen molar-refractivity contribution >= 4 is 23.2 Å². The molecule has 0 radical (unpaired) electrons. The third-order valence-electron chi connectivity index (χ3n) is 6.45. The molecule has 3 heterocycles. The van der Waals surface area contributed by atoms with Crippen LogP contribution in [0.5, 0.6) is 0 Å². The summed E-state index contributed by atoms with van der Waals surface area (Å²) in [6.07, 6.45) is -3.82. The second-order valence-corrected chi connectivity index (χ2v) is 8.87. The van der Waals surface area contributed by atoms with Gasteiger partial charge in [0.2, 0.25) is 5.91 Å². The fourth-order valence-corrected chi connectivity index (χ4v) is 5.28. The first-order valence-corrected chi connectivity index (χ1v) is 11.0. The summed E-state index contributed by atoms with van der Waals surface area (Å²) in [5.41, 5.74) is 1.70. The van der Waals surface area contributed by atoms with Crippen molar-refractivity contribution in [3.63, 3.8) is 0 Å². The maximum Gasteiger partial charge on any atom is 0.435 e. The second-order valence-electron chi connectivity index (χ2n) is 8.47. The van der Waals surface area contributed by atoms with E-state index in [1.54, 1.807) is 12.1 Å². The molecule has 0 saturated carbocycles. The molecule has 2 aliphatic rings. The van der Waals surface area contributed by atoms with Crippen molar-refractivity contribution in [3.05, 3.63) is 71.0 Å². The van der Waals surface area contributed by atoms with Crippen LogP contribution in [0.15, 0.2) is 54.6 Å². The highest BCUT2D eigenvalue weighted by atomic mass is 35.5. The molecule has 1 aromatic heterocycles. The smallest absolute Gasteiger partial charge is 0.373 e. The van der Waals surface area contributed by atoms with Crippen LogP contribution in [-0.2, 0) is 22.8 Å². The SMILES string of the molecule is Cn1nc(C(F)(F)F)cc1[C@H]1[C@@H](C(=O)Nc2ccc(-c3ccccc3)c(Cl)c2)[C@H]2CC[C@@H]1O2. The number of hydrogen-bond acceptors (Lipinski definition) is 3. The van der Waals surface area contributed by atoms with Crippen molar-refractivity contribution < 1.29 is 22.7 Å². The number of ether oxygens (including phenoxy) is 1. The predicted molar refractivity (Wildman–Crippen MR) is 118 cm³/mol. The molecule has 1 N–H and O–H groups in total. The average molecular weight is 476 g/mol. The van der Waals surface area contributed by atoms with Gasteiger partial charge >= 0.3 is 6.18 Å². The number of carbonyl (C=O) groups excluding carboxylic acids is 1. The van der Waals surface area contributed by atoms with E-state index in [4.69, 9.17) is 16.3 Å². The van der Waals surface area contributed by atoms with Crippen LogP contribution in [0.25, 0.3) is 11.1 Å². The zero-order valence-electron chi connectivity index (χ0n) is 17.6. The van der Waals surface area contributed by atoms with Crippen molar-refractivity contribution in [3.8, 4) is 11.1 Å². The number of alkyl halides is 3. The summed E-state index contributed by atoms with van der Waals surface area (Å²) in [6.45, 7) is 0. The Bertz CT molecular complexity index is 1200. The number of aryl methyl sites for hydroxylation is 1. The number of hydrogen-bond donors (Lipinski definition) is 1. The summed E-state index contributed by atoms with van der Waals surface area (Å²) in [6, 6.07) is 15.9. The Balaban J connectivity index is 1.40. The second kappa shape index (κ2) is 8.18. The molecule has 2 aromatic carbocycles. The monoisotopic (exact) mass is 475 g/mol. The van der Waals surface area contributed by atoms with Gasteiger partial charge in [-0.3, -0.25) is 9.48 Å². The zero-order valence-corrected chi connectivity index (χ0v) is 18.4. The van der Waals surface area contributed by atoms with E-state index in [9.17, 15) is 18.0 Å². The van der Waals surface area contributed by atoms with E-state index in [-0.39, 0.29) is 18.1 Å². The fraction of sp³-hybridized carbons (Fsp3) is 0.333. The summed E-state index contributed by atoms with van der Waals surface area (Å²) < 4.78 is 46.7. The predicted octanol–water partition coefficient (Wildman–Crippen LogP) is 5.66. The Morgan fingerprint density at radius 2 is 1.85 bits per heavy atom. The zero-order chi connectivity index (χ0) is 23.3. The van der Waals surface area contributed by atoms with Crippen LogP contribution < -0.4 is 5.32 Å². The fourth-order valence-electron chi connectivity index (χ4n) is 4.99. The molecule has 4 atom stereocenters. The van der Waals surface area contributed by atoms with Crippen molar-refractivity contribution in [2.24, 2.45) is 13.0 Å². The Morgan fingerprint density at radius 1 is 1.12 bits per heavy atom. The first-order chi connectivity index (χ1) is 15.7. The van der Waals surface area contributed by atoms with Gasteiger partial charge in [-0.2, -0.15) is 18.3 Å². The molecule has 172 valence electrons. The van der Waals surface area contributed by atoms with E-state index < -0.39 is 23.7 Å². The van der Waals surface area contributed by atoms with Crippen LogP contribution in [0, 0.1) is 5.92 Å². The van der Waals surface area contributed by atoms with Gasteiger partial charge in [0.1, 0.15) is 0 Å². The highest BCUT2D eigenvalue weighted by Gasteiger charge is 2.54. The van der Waals surface area contributed by atoms with Gasteiger partial charge in [0.25, 0.3) is 0 Å². The van der Waals surface area contributed by atoms with Gasteiger partial charge in [-0.15, -0.1) is 0 Å². The highest BCUT2D eigenvalue weighted by Crippen LogP contribution is 2.49. The normalized spacial score (nSPS) is 24.3. The number of amides is 1.